The van der Waals surface area contributed by atoms with Gasteiger partial charge in [0, 0.05) is 36.8 Å². The summed E-state index contributed by atoms with van der Waals surface area (Å²) in [6, 6.07) is 3.05. The molecule has 1 aliphatic rings. The molecule has 0 saturated carbocycles. The van der Waals surface area contributed by atoms with E-state index in [1.54, 1.807) is 0 Å². The third-order valence-electron chi connectivity index (χ3n) is 5.44. The van der Waals surface area contributed by atoms with Crippen molar-refractivity contribution in [1.29, 1.82) is 5.26 Å². The quantitative estimate of drug-likeness (QED) is 0.573. The topological polar surface area (TPSA) is 85.2 Å². The molecule has 1 aromatic carbocycles. The Bertz CT molecular complexity index is 860. The van der Waals surface area contributed by atoms with E-state index in [9.17, 15) is 32.7 Å². The SMILES string of the molecule is COCCCC1NC(C)=C(C#N)C(c2ccc(F)cc2C(F)(F)F)C1(C)C(=O)[O-]. The van der Waals surface area contributed by atoms with E-state index in [-0.39, 0.29) is 17.7 Å². The lowest BCUT2D eigenvalue weighted by molar-refractivity contribution is -0.321. The van der Waals surface area contributed by atoms with E-state index in [1.807, 2.05) is 6.07 Å². The first-order valence-corrected chi connectivity index (χ1v) is 8.92. The number of rotatable bonds is 6. The molecule has 5 nitrogen and oxygen atoms in total. The van der Waals surface area contributed by atoms with Crippen LogP contribution in [-0.4, -0.2) is 25.7 Å². The molecule has 0 amide bonds. The van der Waals surface area contributed by atoms with Crippen LogP contribution < -0.4 is 10.4 Å². The molecule has 0 spiro atoms. The van der Waals surface area contributed by atoms with Crippen LogP contribution in [0.3, 0.4) is 0 Å². The highest BCUT2D eigenvalue weighted by Gasteiger charge is 2.51. The van der Waals surface area contributed by atoms with Crippen molar-refractivity contribution in [3.05, 3.63) is 46.4 Å². The lowest BCUT2D eigenvalue weighted by atomic mass is 9.61. The number of nitrogens with one attached hydrogen (secondary N) is 1. The van der Waals surface area contributed by atoms with Crippen molar-refractivity contribution in [2.45, 2.75) is 44.8 Å². The number of methoxy groups -OCH3 is 1. The fourth-order valence-electron chi connectivity index (χ4n) is 3.92. The van der Waals surface area contributed by atoms with E-state index in [4.69, 9.17) is 4.74 Å². The first-order chi connectivity index (χ1) is 13.5. The zero-order valence-corrected chi connectivity index (χ0v) is 16.2. The van der Waals surface area contributed by atoms with Crippen molar-refractivity contribution >= 4 is 5.97 Å². The number of alkyl halides is 3. The van der Waals surface area contributed by atoms with E-state index in [1.165, 1.54) is 21.0 Å². The number of carbonyl (C=O) groups is 1. The minimum atomic E-state index is -4.94. The molecule has 3 unspecified atom stereocenters. The summed E-state index contributed by atoms with van der Waals surface area (Å²) < 4.78 is 59.5. The van der Waals surface area contributed by atoms with Gasteiger partial charge in [0.05, 0.1) is 23.2 Å². The summed E-state index contributed by atoms with van der Waals surface area (Å²) in [4.78, 5) is 12.2. The normalized spacial score (nSPS) is 24.8. The predicted octanol–water partition coefficient (Wildman–Crippen LogP) is 2.88. The van der Waals surface area contributed by atoms with Gasteiger partial charge in [0.25, 0.3) is 0 Å². The summed E-state index contributed by atoms with van der Waals surface area (Å²) in [5.41, 5.74) is -3.56. The van der Waals surface area contributed by atoms with E-state index in [2.05, 4.69) is 5.32 Å². The monoisotopic (exact) mass is 413 g/mol. The van der Waals surface area contributed by atoms with E-state index in [0.29, 0.717) is 19.1 Å². The number of nitrogens with zero attached hydrogens (tertiary/aromatic N) is 1. The number of carboxylic acid groups (broad SMARTS) is 1. The third-order valence-corrected chi connectivity index (χ3v) is 5.44. The molecule has 158 valence electrons. The van der Waals surface area contributed by atoms with Gasteiger partial charge in [-0.25, -0.2) is 4.39 Å². The largest absolute Gasteiger partial charge is 0.549 e. The highest BCUT2D eigenvalue weighted by molar-refractivity contribution is 5.77. The molecule has 0 saturated heterocycles. The molecular weight excluding hydrogens is 392 g/mol. The highest BCUT2D eigenvalue weighted by Crippen LogP contribution is 2.51. The average molecular weight is 413 g/mol. The second-order valence-corrected chi connectivity index (χ2v) is 7.21. The van der Waals surface area contributed by atoms with Crippen molar-refractivity contribution in [1.82, 2.24) is 5.32 Å². The van der Waals surface area contributed by atoms with Crippen LogP contribution in [0.15, 0.2) is 29.5 Å². The molecule has 29 heavy (non-hydrogen) atoms. The Kier molecular flexibility index (Phi) is 6.58. The zero-order valence-electron chi connectivity index (χ0n) is 16.2. The molecule has 0 bridgehead atoms. The highest BCUT2D eigenvalue weighted by atomic mass is 19.4. The molecule has 9 heteroatoms. The number of nitriles is 1. The predicted molar refractivity (Wildman–Crippen MR) is 93.6 cm³/mol. The number of benzene rings is 1. The van der Waals surface area contributed by atoms with E-state index >= 15 is 0 Å². The van der Waals surface area contributed by atoms with Crippen LogP contribution in [0.5, 0.6) is 0 Å². The first kappa shape index (κ1) is 22.7. The number of hydrogen-bond donors (Lipinski definition) is 1. The zero-order chi connectivity index (χ0) is 22.0. The Morgan fingerprint density at radius 2 is 2.07 bits per heavy atom. The van der Waals surface area contributed by atoms with Gasteiger partial charge in [-0.15, -0.1) is 0 Å². The molecule has 1 N–H and O–H groups in total. The maximum Gasteiger partial charge on any atom is 0.416 e. The summed E-state index contributed by atoms with van der Waals surface area (Å²) in [6.07, 6.45) is -4.24. The molecule has 0 aromatic heterocycles. The van der Waals surface area contributed by atoms with Crippen LogP contribution in [0.25, 0.3) is 0 Å². The average Bonchev–Trinajstić information content (AvgIpc) is 2.63. The van der Waals surface area contributed by atoms with Gasteiger partial charge in [-0.3, -0.25) is 0 Å². The molecule has 2 rings (SSSR count). The van der Waals surface area contributed by atoms with E-state index < -0.39 is 46.5 Å². The standard InChI is InChI=1S/C20H22F4N2O3/c1-11-14(10-25)17(13-7-6-12(21)9-15(13)20(22,23)24)19(2,18(27)28)16(26-11)5-4-8-29-3/h6-7,9,16-17,26H,4-5,8H2,1-3H3,(H,27,28)/p-1. The summed E-state index contributed by atoms with van der Waals surface area (Å²) in [5.74, 6) is -4.18. The van der Waals surface area contributed by atoms with Crippen LogP contribution in [0.2, 0.25) is 0 Å². The first-order valence-electron chi connectivity index (χ1n) is 8.92. The van der Waals surface area contributed by atoms with Gasteiger partial charge >= 0.3 is 6.18 Å². The van der Waals surface area contributed by atoms with Gasteiger partial charge in [-0.05, 0) is 37.5 Å². The summed E-state index contributed by atoms with van der Waals surface area (Å²) >= 11 is 0. The van der Waals surface area contributed by atoms with E-state index in [0.717, 1.165) is 12.1 Å². The Labute approximate surface area is 166 Å². The Hall–Kier alpha value is -2.60. The van der Waals surface area contributed by atoms with Gasteiger partial charge < -0.3 is 20.0 Å². The summed E-state index contributed by atoms with van der Waals surface area (Å²) in [7, 11) is 1.47. The second-order valence-electron chi connectivity index (χ2n) is 7.21. The van der Waals surface area contributed by atoms with Crippen molar-refractivity contribution < 1.29 is 32.2 Å². The second kappa shape index (κ2) is 8.41. The number of ether oxygens (including phenoxy) is 1. The minimum Gasteiger partial charge on any atom is -0.549 e. The molecule has 1 aromatic rings. The van der Waals surface area contributed by atoms with Gasteiger partial charge in [0.15, 0.2) is 0 Å². The molecule has 0 aliphatic carbocycles. The van der Waals surface area contributed by atoms with Crippen molar-refractivity contribution in [3.8, 4) is 6.07 Å². The Morgan fingerprint density at radius 1 is 1.41 bits per heavy atom. The van der Waals surface area contributed by atoms with Crippen LogP contribution in [-0.2, 0) is 15.7 Å². The number of hydrogen-bond acceptors (Lipinski definition) is 5. The maximum absolute atomic E-state index is 13.6. The number of carboxylic acids is 1. The number of halogens is 4. The molecular formula is C20H21F4N2O3-. The lowest BCUT2D eigenvalue weighted by Gasteiger charge is -2.49. The maximum atomic E-state index is 13.6. The lowest BCUT2D eigenvalue weighted by Crippen LogP contribution is -2.59. The number of carbonyl (C=O) groups excluding carboxylic acids is 1. The van der Waals surface area contributed by atoms with Gasteiger partial charge in [0.1, 0.15) is 5.82 Å². The molecule has 0 fully saturated rings. The molecule has 1 heterocycles. The third kappa shape index (κ3) is 4.22. The summed E-state index contributed by atoms with van der Waals surface area (Å²) in [6.45, 7) is 3.08. The molecule has 3 atom stereocenters. The fraction of sp³-hybridized carbons (Fsp3) is 0.500. The molecule has 1 aliphatic heterocycles. The van der Waals surface area contributed by atoms with Crippen LogP contribution >= 0.6 is 0 Å². The van der Waals surface area contributed by atoms with Crippen molar-refractivity contribution in [3.63, 3.8) is 0 Å². The summed E-state index contributed by atoms with van der Waals surface area (Å²) in [5, 5.41) is 24.8. The Balaban J connectivity index is 2.76. The van der Waals surface area contributed by atoms with Crippen LogP contribution in [0.1, 0.15) is 43.7 Å². The number of aliphatic carboxylic acids is 1. The fourth-order valence-corrected chi connectivity index (χ4v) is 3.92. The number of allylic oxidation sites excluding steroid dienone is 2. The Morgan fingerprint density at radius 3 is 2.59 bits per heavy atom. The van der Waals surface area contributed by atoms with Gasteiger partial charge in [-0.2, -0.15) is 18.4 Å². The van der Waals surface area contributed by atoms with Crippen LogP contribution in [0.4, 0.5) is 17.6 Å². The minimum absolute atomic E-state index is 0.156. The molecule has 0 radical (unpaired) electrons. The van der Waals surface area contributed by atoms with Gasteiger partial charge in [-0.1, -0.05) is 13.0 Å². The van der Waals surface area contributed by atoms with Crippen molar-refractivity contribution in [2.75, 3.05) is 13.7 Å². The van der Waals surface area contributed by atoms with Crippen molar-refractivity contribution in [2.24, 2.45) is 5.41 Å². The van der Waals surface area contributed by atoms with Gasteiger partial charge in [0.2, 0.25) is 0 Å². The smallest absolute Gasteiger partial charge is 0.416 e. The van der Waals surface area contributed by atoms with Crippen LogP contribution in [0, 0.1) is 22.6 Å².